The van der Waals surface area contributed by atoms with Gasteiger partial charge in [0.15, 0.2) is 11.6 Å². The number of ketones is 1. The van der Waals surface area contributed by atoms with Crippen molar-refractivity contribution in [2.75, 3.05) is 19.1 Å². The Kier molecular flexibility index (Phi) is 7.06. The van der Waals surface area contributed by atoms with E-state index in [-0.39, 0.29) is 18.0 Å². The van der Waals surface area contributed by atoms with Crippen LogP contribution in [0.2, 0.25) is 0 Å². The zero-order valence-corrected chi connectivity index (χ0v) is 19.5. The minimum Gasteiger partial charge on any atom is -0.497 e. The predicted molar refractivity (Wildman–Crippen MR) is 126 cm³/mol. The third-order valence-corrected chi connectivity index (χ3v) is 5.22. The van der Waals surface area contributed by atoms with Gasteiger partial charge in [0.25, 0.3) is 0 Å². The summed E-state index contributed by atoms with van der Waals surface area (Å²) in [5, 5.41) is 9.79. The number of aryl methyl sites for hydroxylation is 1. The van der Waals surface area contributed by atoms with Gasteiger partial charge in [-0.25, -0.2) is 9.78 Å². The molecular formula is C25H29N3O5. The average Bonchev–Trinajstić information content (AvgIpc) is 3.27. The summed E-state index contributed by atoms with van der Waals surface area (Å²) in [5.74, 6) is 1.32. The standard InChI is InChI=1S/C25H29N3O5/c1-25(2,3)28(24(30)31)21-9-7-6-8-17(21)10-11-22(29)23-26-12-13-27(23)18-14-19(32-4)16-20(15-18)33-5/h6-9,12-16H,10-11H2,1-5H3,(H,30,31). The number of benzene rings is 2. The van der Waals surface area contributed by atoms with Crippen LogP contribution >= 0.6 is 0 Å². The van der Waals surface area contributed by atoms with E-state index in [4.69, 9.17) is 9.47 Å². The van der Waals surface area contributed by atoms with Gasteiger partial charge in [-0.1, -0.05) is 18.2 Å². The van der Waals surface area contributed by atoms with Crippen molar-refractivity contribution in [3.05, 3.63) is 66.2 Å². The van der Waals surface area contributed by atoms with Gasteiger partial charge in [0, 0.05) is 42.6 Å². The molecule has 0 fully saturated rings. The predicted octanol–water partition coefficient (Wildman–Crippen LogP) is 4.99. The first-order valence-electron chi connectivity index (χ1n) is 10.6. The number of rotatable bonds is 8. The van der Waals surface area contributed by atoms with Gasteiger partial charge in [-0.2, -0.15) is 0 Å². The lowest BCUT2D eigenvalue weighted by atomic mass is 10.00. The lowest BCUT2D eigenvalue weighted by molar-refractivity contribution is 0.0971. The molecule has 0 aliphatic heterocycles. The molecule has 1 heterocycles. The van der Waals surface area contributed by atoms with Gasteiger partial charge >= 0.3 is 6.09 Å². The van der Waals surface area contributed by atoms with Crippen LogP contribution in [0.4, 0.5) is 10.5 Å². The summed E-state index contributed by atoms with van der Waals surface area (Å²) < 4.78 is 12.4. The quantitative estimate of drug-likeness (QED) is 0.485. The van der Waals surface area contributed by atoms with Crippen LogP contribution in [0.15, 0.2) is 54.9 Å². The molecule has 1 aromatic heterocycles. The van der Waals surface area contributed by atoms with Gasteiger partial charge < -0.3 is 14.6 Å². The van der Waals surface area contributed by atoms with Crippen LogP contribution in [0, 0.1) is 0 Å². The molecule has 0 aliphatic carbocycles. The van der Waals surface area contributed by atoms with Crippen LogP contribution in [0.1, 0.15) is 43.4 Å². The Morgan fingerprint density at radius 1 is 1.06 bits per heavy atom. The van der Waals surface area contributed by atoms with Crippen LogP contribution in [0.25, 0.3) is 5.69 Å². The lowest BCUT2D eigenvalue weighted by Gasteiger charge is -2.34. The number of carboxylic acid groups (broad SMARTS) is 1. The second-order valence-electron chi connectivity index (χ2n) is 8.53. The number of Topliss-reactive ketones (excluding diaryl/α,β-unsaturated/α-hetero) is 1. The van der Waals surface area contributed by atoms with Crippen LogP contribution in [-0.2, 0) is 6.42 Å². The van der Waals surface area contributed by atoms with Crippen LogP contribution < -0.4 is 14.4 Å². The number of nitrogens with zero attached hydrogens (tertiary/aromatic N) is 3. The summed E-state index contributed by atoms with van der Waals surface area (Å²) >= 11 is 0. The molecule has 0 saturated carbocycles. The lowest BCUT2D eigenvalue weighted by Crippen LogP contribution is -2.45. The van der Waals surface area contributed by atoms with Gasteiger partial charge in [0.05, 0.1) is 25.6 Å². The zero-order chi connectivity index (χ0) is 24.2. The van der Waals surface area contributed by atoms with E-state index < -0.39 is 11.6 Å². The second-order valence-corrected chi connectivity index (χ2v) is 8.53. The maximum absolute atomic E-state index is 13.1. The average molecular weight is 452 g/mol. The number of hydrogen-bond donors (Lipinski definition) is 1. The molecule has 0 unspecified atom stereocenters. The molecule has 1 amide bonds. The van der Waals surface area contributed by atoms with Gasteiger partial charge in [-0.05, 0) is 38.8 Å². The first kappa shape index (κ1) is 23.8. The highest BCUT2D eigenvalue weighted by atomic mass is 16.5. The highest BCUT2D eigenvalue weighted by Gasteiger charge is 2.29. The maximum Gasteiger partial charge on any atom is 0.412 e. The van der Waals surface area contributed by atoms with Crippen molar-refractivity contribution in [2.45, 2.75) is 39.2 Å². The molecule has 33 heavy (non-hydrogen) atoms. The van der Waals surface area contributed by atoms with Gasteiger partial charge in [0.1, 0.15) is 11.5 Å². The number of para-hydroxylation sites is 1. The number of hydrogen-bond acceptors (Lipinski definition) is 5. The molecule has 8 heteroatoms. The van der Waals surface area contributed by atoms with E-state index in [2.05, 4.69) is 4.98 Å². The van der Waals surface area contributed by atoms with Crippen molar-refractivity contribution in [3.8, 4) is 17.2 Å². The first-order chi connectivity index (χ1) is 15.7. The van der Waals surface area contributed by atoms with E-state index in [1.54, 1.807) is 61.5 Å². The molecule has 0 spiro atoms. The zero-order valence-electron chi connectivity index (χ0n) is 19.5. The molecule has 8 nitrogen and oxygen atoms in total. The smallest absolute Gasteiger partial charge is 0.412 e. The number of carbonyl (C=O) groups excluding carboxylic acids is 1. The summed E-state index contributed by atoms with van der Waals surface area (Å²) in [5.41, 5.74) is 1.42. The maximum atomic E-state index is 13.1. The van der Waals surface area contributed by atoms with Crippen molar-refractivity contribution in [1.82, 2.24) is 9.55 Å². The molecule has 0 aliphatic rings. The van der Waals surface area contributed by atoms with Crippen LogP contribution in [0.5, 0.6) is 11.5 Å². The van der Waals surface area contributed by atoms with E-state index in [1.165, 1.54) is 4.90 Å². The Balaban J connectivity index is 1.87. The molecule has 3 rings (SSSR count). The molecule has 0 saturated heterocycles. The number of imidazole rings is 1. The minimum absolute atomic E-state index is 0.158. The van der Waals surface area contributed by atoms with E-state index in [0.29, 0.717) is 29.3 Å². The molecule has 174 valence electrons. The third kappa shape index (κ3) is 5.34. The fraction of sp³-hybridized carbons (Fsp3) is 0.320. The van der Waals surface area contributed by atoms with Gasteiger partial charge in [-0.3, -0.25) is 14.3 Å². The number of amides is 1. The summed E-state index contributed by atoms with van der Waals surface area (Å²) in [4.78, 5) is 30.7. The Labute approximate surface area is 193 Å². The number of methoxy groups -OCH3 is 2. The topological polar surface area (TPSA) is 93.9 Å². The number of carbonyl (C=O) groups is 2. The number of anilines is 1. The SMILES string of the molecule is COc1cc(OC)cc(-n2ccnc2C(=O)CCc2ccccc2N(C(=O)O)C(C)(C)C)c1. The minimum atomic E-state index is -1.04. The molecular weight excluding hydrogens is 422 g/mol. The van der Waals surface area contributed by atoms with Gasteiger partial charge in [-0.15, -0.1) is 0 Å². The molecule has 2 aromatic carbocycles. The van der Waals surface area contributed by atoms with E-state index in [1.807, 2.05) is 32.9 Å². The van der Waals surface area contributed by atoms with Crippen molar-refractivity contribution < 1.29 is 24.2 Å². The summed E-state index contributed by atoms with van der Waals surface area (Å²) in [6.07, 6.45) is 2.79. The third-order valence-electron chi connectivity index (χ3n) is 5.22. The summed E-state index contributed by atoms with van der Waals surface area (Å²) in [7, 11) is 3.13. The summed E-state index contributed by atoms with van der Waals surface area (Å²) in [6.45, 7) is 5.51. The Bertz CT molecular complexity index is 1120. The highest BCUT2D eigenvalue weighted by Crippen LogP contribution is 2.29. The highest BCUT2D eigenvalue weighted by molar-refractivity contribution is 5.94. The monoisotopic (exact) mass is 451 g/mol. The summed E-state index contributed by atoms with van der Waals surface area (Å²) in [6, 6.07) is 12.6. The number of ether oxygens (including phenoxy) is 2. The van der Waals surface area contributed by atoms with Crippen LogP contribution in [-0.4, -0.2) is 46.3 Å². The van der Waals surface area contributed by atoms with Crippen molar-refractivity contribution >= 4 is 17.6 Å². The molecule has 1 N–H and O–H groups in total. The second kappa shape index (κ2) is 9.77. The fourth-order valence-corrected chi connectivity index (χ4v) is 3.70. The van der Waals surface area contributed by atoms with Crippen molar-refractivity contribution in [1.29, 1.82) is 0 Å². The molecule has 3 aromatic rings. The Morgan fingerprint density at radius 3 is 2.27 bits per heavy atom. The molecule has 0 bridgehead atoms. The Morgan fingerprint density at radius 2 is 1.70 bits per heavy atom. The normalized spacial score (nSPS) is 11.2. The van der Waals surface area contributed by atoms with Gasteiger partial charge in [0.2, 0.25) is 0 Å². The van der Waals surface area contributed by atoms with Crippen LogP contribution in [0.3, 0.4) is 0 Å². The largest absolute Gasteiger partial charge is 0.497 e. The van der Waals surface area contributed by atoms with E-state index in [0.717, 1.165) is 5.56 Å². The molecule has 0 atom stereocenters. The van der Waals surface area contributed by atoms with Crippen molar-refractivity contribution in [3.63, 3.8) is 0 Å². The van der Waals surface area contributed by atoms with E-state index in [9.17, 15) is 14.7 Å². The van der Waals surface area contributed by atoms with Crippen molar-refractivity contribution in [2.24, 2.45) is 0 Å². The fourth-order valence-electron chi connectivity index (χ4n) is 3.70. The number of aromatic nitrogens is 2. The Hall–Kier alpha value is -3.81. The molecule has 0 radical (unpaired) electrons. The first-order valence-corrected chi connectivity index (χ1v) is 10.6. The van der Waals surface area contributed by atoms with E-state index >= 15 is 0 Å².